The molecule has 28 heavy (non-hydrogen) atoms. The third kappa shape index (κ3) is 3.72. The van der Waals surface area contributed by atoms with E-state index in [1.807, 2.05) is 6.92 Å². The van der Waals surface area contributed by atoms with Gasteiger partial charge in [-0.3, -0.25) is 4.79 Å². The van der Waals surface area contributed by atoms with Crippen LogP contribution in [0.25, 0.3) is 11.1 Å². The van der Waals surface area contributed by atoms with E-state index in [1.54, 1.807) is 6.92 Å². The summed E-state index contributed by atoms with van der Waals surface area (Å²) in [5.74, 6) is 1.06. The van der Waals surface area contributed by atoms with Crippen molar-refractivity contribution in [3.63, 3.8) is 0 Å². The monoisotopic (exact) mass is 378 g/mol. The number of fused-ring (bicyclic) bond motifs is 1. The Labute approximate surface area is 164 Å². The normalized spacial score (nSPS) is 16.0. The van der Waals surface area contributed by atoms with Crippen molar-refractivity contribution >= 4 is 22.8 Å². The minimum absolute atomic E-state index is 0.0125. The Morgan fingerprint density at radius 2 is 1.93 bits per heavy atom. The average Bonchev–Trinajstić information content (AvgIpc) is 3.25. The van der Waals surface area contributed by atoms with E-state index in [1.165, 1.54) is 17.5 Å². The maximum atomic E-state index is 13.1. The van der Waals surface area contributed by atoms with Gasteiger partial charge < -0.3 is 15.1 Å². The van der Waals surface area contributed by atoms with Crippen LogP contribution in [0, 0.1) is 13.8 Å². The number of hydrogen-bond acceptors (Lipinski definition) is 5. The smallest absolute Gasteiger partial charge is 0.255 e. The number of carbonyl (C=O) groups excluding carboxylic acids is 1. The SMILES string of the molecule is Cc1ccc(CC(C)NC(=O)c2c(C)oc3ncnc(NC4(C)CC4)c23)cc1. The van der Waals surface area contributed by atoms with Crippen LogP contribution in [0.1, 0.15) is 53.9 Å². The fourth-order valence-electron chi connectivity index (χ4n) is 3.44. The minimum Gasteiger partial charge on any atom is -0.442 e. The highest BCUT2D eigenvalue weighted by atomic mass is 16.3. The lowest BCUT2D eigenvalue weighted by molar-refractivity contribution is 0.0940. The zero-order valence-corrected chi connectivity index (χ0v) is 16.8. The molecule has 1 saturated carbocycles. The number of nitrogens with one attached hydrogen (secondary N) is 2. The van der Waals surface area contributed by atoms with Crippen LogP contribution in [0.15, 0.2) is 35.0 Å². The fraction of sp³-hybridized carbons (Fsp3) is 0.409. The average molecular weight is 378 g/mol. The van der Waals surface area contributed by atoms with Gasteiger partial charge in [0, 0.05) is 11.6 Å². The summed E-state index contributed by atoms with van der Waals surface area (Å²) in [5.41, 5.74) is 3.41. The summed E-state index contributed by atoms with van der Waals surface area (Å²) >= 11 is 0. The maximum absolute atomic E-state index is 13.1. The molecule has 6 nitrogen and oxygen atoms in total. The molecule has 1 atom stereocenters. The van der Waals surface area contributed by atoms with Crippen LogP contribution in [0.5, 0.6) is 0 Å². The Morgan fingerprint density at radius 1 is 1.21 bits per heavy atom. The minimum atomic E-state index is -0.158. The first kappa shape index (κ1) is 18.5. The van der Waals surface area contributed by atoms with Gasteiger partial charge in [-0.15, -0.1) is 0 Å². The Kier molecular flexibility index (Phi) is 4.57. The Balaban J connectivity index is 1.58. The molecule has 4 rings (SSSR count). The third-order valence-electron chi connectivity index (χ3n) is 5.35. The molecule has 0 aliphatic heterocycles. The van der Waals surface area contributed by atoms with Gasteiger partial charge in [0.1, 0.15) is 17.9 Å². The highest BCUT2D eigenvalue weighted by molar-refractivity contribution is 6.10. The standard InChI is InChI=1S/C22H26N4O2/c1-13-5-7-16(8-6-13)11-14(2)25-20(27)17-15(3)28-21-18(17)19(23-12-24-21)26-22(4)9-10-22/h5-8,12,14H,9-11H2,1-4H3,(H,25,27)(H,23,24,26). The maximum Gasteiger partial charge on any atom is 0.255 e. The fourth-order valence-corrected chi connectivity index (χ4v) is 3.44. The second-order valence-corrected chi connectivity index (χ2v) is 8.19. The predicted molar refractivity (Wildman–Crippen MR) is 110 cm³/mol. The van der Waals surface area contributed by atoms with Crippen molar-refractivity contribution in [3.05, 3.63) is 53.0 Å². The van der Waals surface area contributed by atoms with Crippen LogP contribution < -0.4 is 10.6 Å². The molecule has 1 amide bonds. The molecule has 2 N–H and O–H groups in total. The summed E-state index contributed by atoms with van der Waals surface area (Å²) in [5, 5.41) is 7.21. The van der Waals surface area contributed by atoms with E-state index < -0.39 is 0 Å². The van der Waals surface area contributed by atoms with E-state index >= 15 is 0 Å². The molecule has 2 heterocycles. The molecular weight excluding hydrogens is 352 g/mol. The molecule has 3 aromatic rings. The number of aryl methyl sites for hydroxylation is 2. The van der Waals surface area contributed by atoms with Crippen molar-refractivity contribution in [2.24, 2.45) is 0 Å². The molecule has 0 saturated heterocycles. The van der Waals surface area contributed by atoms with E-state index in [0.717, 1.165) is 19.3 Å². The highest BCUT2D eigenvalue weighted by Gasteiger charge is 2.38. The van der Waals surface area contributed by atoms with Crippen molar-refractivity contribution in [1.82, 2.24) is 15.3 Å². The van der Waals surface area contributed by atoms with Crippen LogP contribution in [0.2, 0.25) is 0 Å². The van der Waals surface area contributed by atoms with Crippen molar-refractivity contribution in [2.45, 2.75) is 58.5 Å². The lowest BCUT2D eigenvalue weighted by Gasteiger charge is -2.15. The van der Waals surface area contributed by atoms with Gasteiger partial charge in [-0.2, -0.15) is 0 Å². The first-order valence-electron chi connectivity index (χ1n) is 9.73. The van der Waals surface area contributed by atoms with E-state index in [9.17, 15) is 4.79 Å². The molecule has 1 aromatic carbocycles. The molecule has 1 fully saturated rings. The number of anilines is 1. The van der Waals surface area contributed by atoms with Gasteiger partial charge in [-0.05, 0) is 52.5 Å². The van der Waals surface area contributed by atoms with Gasteiger partial charge in [-0.25, -0.2) is 9.97 Å². The number of hydrogen-bond donors (Lipinski definition) is 2. The first-order valence-corrected chi connectivity index (χ1v) is 9.73. The molecule has 6 heteroatoms. The van der Waals surface area contributed by atoms with Crippen LogP contribution in [0.3, 0.4) is 0 Å². The first-order chi connectivity index (χ1) is 13.3. The third-order valence-corrected chi connectivity index (χ3v) is 5.35. The van der Waals surface area contributed by atoms with Crippen LogP contribution in [0.4, 0.5) is 5.82 Å². The highest BCUT2D eigenvalue weighted by Crippen LogP contribution is 2.40. The van der Waals surface area contributed by atoms with Crippen molar-refractivity contribution in [1.29, 1.82) is 0 Å². The van der Waals surface area contributed by atoms with Crippen molar-refractivity contribution in [2.75, 3.05) is 5.32 Å². The Morgan fingerprint density at radius 3 is 2.61 bits per heavy atom. The topological polar surface area (TPSA) is 80.1 Å². The number of aromatic nitrogens is 2. The molecule has 1 aliphatic rings. The van der Waals surface area contributed by atoms with Crippen LogP contribution in [-0.4, -0.2) is 27.5 Å². The summed E-state index contributed by atoms with van der Waals surface area (Å²) in [6.07, 6.45) is 4.41. The number of amides is 1. The zero-order valence-electron chi connectivity index (χ0n) is 16.8. The van der Waals surface area contributed by atoms with Gasteiger partial charge >= 0.3 is 0 Å². The zero-order chi connectivity index (χ0) is 19.9. The number of rotatable bonds is 6. The van der Waals surface area contributed by atoms with E-state index in [0.29, 0.717) is 28.2 Å². The second-order valence-electron chi connectivity index (χ2n) is 8.19. The Bertz CT molecular complexity index is 1020. The number of carbonyl (C=O) groups is 1. The Hall–Kier alpha value is -2.89. The van der Waals surface area contributed by atoms with Gasteiger partial charge in [-0.1, -0.05) is 29.8 Å². The number of nitrogens with zero attached hydrogens (tertiary/aromatic N) is 2. The molecule has 1 unspecified atom stereocenters. The summed E-state index contributed by atoms with van der Waals surface area (Å²) in [6.45, 7) is 8.02. The molecule has 1 aliphatic carbocycles. The van der Waals surface area contributed by atoms with Crippen molar-refractivity contribution in [3.8, 4) is 0 Å². The molecule has 0 bridgehead atoms. The number of benzene rings is 1. The molecule has 0 spiro atoms. The lowest BCUT2D eigenvalue weighted by atomic mass is 10.0. The van der Waals surface area contributed by atoms with Crippen molar-refractivity contribution < 1.29 is 9.21 Å². The summed E-state index contributed by atoms with van der Waals surface area (Å²) in [6, 6.07) is 8.36. The van der Waals surface area contributed by atoms with Crippen LogP contribution in [-0.2, 0) is 6.42 Å². The lowest BCUT2D eigenvalue weighted by Crippen LogP contribution is -2.34. The quantitative estimate of drug-likeness (QED) is 0.673. The summed E-state index contributed by atoms with van der Waals surface area (Å²) in [4.78, 5) is 21.7. The predicted octanol–water partition coefficient (Wildman–Crippen LogP) is 4.17. The summed E-state index contributed by atoms with van der Waals surface area (Å²) < 4.78 is 5.76. The second kappa shape index (κ2) is 6.93. The van der Waals surface area contributed by atoms with E-state index in [2.05, 4.69) is 58.7 Å². The van der Waals surface area contributed by atoms with Crippen LogP contribution >= 0.6 is 0 Å². The number of furan rings is 1. The van der Waals surface area contributed by atoms with Gasteiger partial charge in [0.25, 0.3) is 5.91 Å². The molecular formula is C22H26N4O2. The van der Waals surface area contributed by atoms with E-state index in [4.69, 9.17) is 4.42 Å². The molecule has 2 aromatic heterocycles. The molecule has 146 valence electrons. The van der Waals surface area contributed by atoms with E-state index in [-0.39, 0.29) is 17.5 Å². The molecule has 0 radical (unpaired) electrons. The summed E-state index contributed by atoms with van der Waals surface area (Å²) in [7, 11) is 0. The van der Waals surface area contributed by atoms with Gasteiger partial charge in [0.2, 0.25) is 5.71 Å². The van der Waals surface area contributed by atoms with Gasteiger partial charge in [0.15, 0.2) is 0 Å². The largest absolute Gasteiger partial charge is 0.442 e. The van der Waals surface area contributed by atoms with Gasteiger partial charge in [0.05, 0.1) is 10.9 Å².